The van der Waals surface area contributed by atoms with Crippen molar-refractivity contribution in [3.05, 3.63) is 0 Å². The summed E-state index contributed by atoms with van der Waals surface area (Å²) in [6.07, 6.45) is -4.67. The summed E-state index contributed by atoms with van der Waals surface area (Å²) in [5, 5.41) is 11.9. The number of rotatable bonds is 2. The van der Waals surface area contributed by atoms with Crippen LogP contribution in [0, 0.1) is 11.3 Å². The van der Waals surface area contributed by atoms with E-state index in [4.69, 9.17) is 5.11 Å². The number of nitrogens with zero attached hydrogens (tertiary/aromatic N) is 1. The van der Waals surface area contributed by atoms with Gasteiger partial charge in [0.05, 0.1) is 12.5 Å². The molecule has 0 unspecified atom stereocenters. The average Bonchev–Trinajstić information content (AvgIpc) is 2.58. The van der Waals surface area contributed by atoms with Crippen LogP contribution in [-0.2, 0) is 4.79 Å². The first-order chi connectivity index (χ1) is 7.89. The van der Waals surface area contributed by atoms with E-state index < -0.39 is 24.7 Å². The fourth-order valence-electron chi connectivity index (χ4n) is 2.23. The first-order valence-electron chi connectivity index (χ1n) is 5.57. The van der Waals surface area contributed by atoms with Crippen molar-refractivity contribution in [1.82, 2.24) is 10.2 Å². The van der Waals surface area contributed by atoms with Crippen LogP contribution in [0.4, 0.5) is 13.2 Å². The maximum Gasteiger partial charge on any atom is 0.398 e. The van der Waals surface area contributed by atoms with Crippen LogP contribution in [0.3, 0.4) is 0 Å². The molecule has 0 saturated carbocycles. The van der Waals surface area contributed by atoms with Crippen molar-refractivity contribution in [2.24, 2.45) is 11.3 Å². The number of aliphatic hydroxyl groups excluding tert-OH is 1. The molecule has 0 aliphatic carbocycles. The number of amides is 1. The summed E-state index contributed by atoms with van der Waals surface area (Å²) >= 11 is 0. The smallest absolute Gasteiger partial charge is 0.395 e. The van der Waals surface area contributed by atoms with E-state index in [0.29, 0.717) is 13.1 Å². The van der Waals surface area contributed by atoms with E-state index in [1.54, 1.807) is 0 Å². The summed E-state index contributed by atoms with van der Waals surface area (Å²) in [7, 11) is 0. The molecule has 2 fully saturated rings. The van der Waals surface area contributed by atoms with Gasteiger partial charge in [0.25, 0.3) is 0 Å². The van der Waals surface area contributed by atoms with Gasteiger partial charge in [0.1, 0.15) is 5.41 Å². The number of aliphatic hydroxyl groups is 1. The van der Waals surface area contributed by atoms with Crippen LogP contribution < -0.4 is 5.32 Å². The Morgan fingerprint density at radius 1 is 1.47 bits per heavy atom. The quantitative estimate of drug-likeness (QED) is 0.726. The summed E-state index contributed by atoms with van der Waals surface area (Å²) in [6, 6.07) is 0. The van der Waals surface area contributed by atoms with Gasteiger partial charge in [-0.3, -0.25) is 4.79 Å². The van der Waals surface area contributed by atoms with Crippen LogP contribution in [0.15, 0.2) is 0 Å². The highest BCUT2D eigenvalue weighted by Gasteiger charge is 2.58. The molecule has 2 rings (SSSR count). The lowest BCUT2D eigenvalue weighted by Gasteiger charge is -2.32. The van der Waals surface area contributed by atoms with E-state index in [1.807, 2.05) is 0 Å². The molecule has 17 heavy (non-hydrogen) atoms. The van der Waals surface area contributed by atoms with Crippen LogP contribution in [-0.4, -0.2) is 54.9 Å². The van der Waals surface area contributed by atoms with Gasteiger partial charge < -0.3 is 15.3 Å². The van der Waals surface area contributed by atoms with Crippen molar-refractivity contribution >= 4 is 5.91 Å². The van der Waals surface area contributed by atoms with Crippen molar-refractivity contribution in [1.29, 1.82) is 0 Å². The third kappa shape index (κ3) is 2.01. The molecule has 2 N–H and O–H groups in total. The SMILES string of the molecule is O=C(C1CNC1)N1CC[C@](CO)(C(F)(F)F)C1. The number of nitrogens with one attached hydrogen (secondary N) is 1. The van der Waals surface area contributed by atoms with Crippen molar-refractivity contribution < 1.29 is 23.1 Å². The van der Waals surface area contributed by atoms with E-state index in [1.165, 1.54) is 4.90 Å². The number of carbonyl (C=O) groups excluding carboxylic acids is 1. The zero-order chi connectivity index (χ0) is 12.7. The number of halogens is 3. The molecule has 1 amide bonds. The van der Waals surface area contributed by atoms with Crippen LogP contribution in [0.1, 0.15) is 6.42 Å². The fraction of sp³-hybridized carbons (Fsp3) is 0.900. The van der Waals surface area contributed by atoms with E-state index in [0.717, 1.165) is 0 Å². The Hall–Kier alpha value is -0.820. The van der Waals surface area contributed by atoms with E-state index in [-0.39, 0.29) is 24.8 Å². The molecule has 0 aromatic carbocycles. The molecule has 2 saturated heterocycles. The highest BCUT2D eigenvalue weighted by atomic mass is 19.4. The zero-order valence-electron chi connectivity index (χ0n) is 9.26. The fourth-order valence-corrected chi connectivity index (χ4v) is 2.23. The minimum Gasteiger partial charge on any atom is -0.395 e. The first kappa shape index (κ1) is 12.6. The van der Waals surface area contributed by atoms with Crippen LogP contribution in [0.2, 0.25) is 0 Å². The molecular weight excluding hydrogens is 237 g/mol. The maximum absolute atomic E-state index is 12.8. The minimum absolute atomic E-state index is 0.0788. The van der Waals surface area contributed by atoms with Crippen molar-refractivity contribution in [3.63, 3.8) is 0 Å². The average molecular weight is 252 g/mol. The number of carbonyl (C=O) groups is 1. The van der Waals surface area contributed by atoms with E-state index in [2.05, 4.69) is 5.32 Å². The Bertz CT molecular complexity index is 317. The van der Waals surface area contributed by atoms with Gasteiger partial charge in [0.2, 0.25) is 5.91 Å². The van der Waals surface area contributed by atoms with Gasteiger partial charge in [-0.25, -0.2) is 0 Å². The monoisotopic (exact) mass is 252 g/mol. The lowest BCUT2D eigenvalue weighted by Crippen LogP contribution is -2.52. The van der Waals surface area contributed by atoms with Gasteiger partial charge in [-0.15, -0.1) is 0 Å². The molecule has 0 aromatic rings. The summed E-state index contributed by atoms with van der Waals surface area (Å²) in [5.41, 5.74) is -2.13. The Morgan fingerprint density at radius 3 is 2.47 bits per heavy atom. The third-order valence-electron chi connectivity index (χ3n) is 3.70. The largest absolute Gasteiger partial charge is 0.398 e. The second kappa shape index (κ2) is 4.13. The molecule has 98 valence electrons. The maximum atomic E-state index is 12.8. The van der Waals surface area contributed by atoms with Crippen LogP contribution in [0.5, 0.6) is 0 Å². The number of likely N-dealkylation sites (tertiary alicyclic amines) is 1. The van der Waals surface area contributed by atoms with Crippen molar-refractivity contribution in [2.45, 2.75) is 12.6 Å². The predicted molar refractivity (Wildman–Crippen MR) is 53.1 cm³/mol. The lowest BCUT2D eigenvalue weighted by molar-refractivity contribution is -0.230. The van der Waals surface area contributed by atoms with Crippen LogP contribution >= 0.6 is 0 Å². The van der Waals surface area contributed by atoms with Gasteiger partial charge >= 0.3 is 6.18 Å². The Balaban J connectivity index is 2.04. The number of alkyl halides is 3. The van der Waals surface area contributed by atoms with Gasteiger partial charge in [-0.05, 0) is 6.42 Å². The normalized spacial score (nSPS) is 30.5. The standard InChI is InChI=1S/C10H15F3N2O2/c11-10(12,13)9(6-16)1-2-15(5-9)8(17)7-3-14-4-7/h7,14,16H,1-6H2/t9-/m0/s1. The summed E-state index contributed by atoms with van der Waals surface area (Å²) < 4.78 is 38.5. The number of hydrogen-bond donors (Lipinski definition) is 2. The second-order valence-electron chi connectivity index (χ2n) is 4.80. The molecule has 2 heterocycles. The molecule has 4 nitrogen and oxygen atoms in total. The summed E-state index contributed by atoms with van der Waals surface area (Å²) in [4.78, 5) is 13.0. The molecule has 0 spiro atoms. The highest BCUT2D eigenvalue weighted by molar-refractivity contribution is 5.80. The predicted octanol–water partition coefficient (Wildman–Crippen LogP) is -0.0209. The Morgan fingerprint density at radius 2 is 2.12 bits per heavy atom. The van der Waals surface area contributed by atoms with Crippen molar-refractivity contribution in [2.75, 3.05) is 32.8 Å². The van der Waals surface area contributed by atoms with Crippen molar-refractivity contribution in [3.8, 4) is 0 Å². The minimum atomic E-state index is -4.46. The molecule has 0 bridgehead atoms. The van der Waals surface area contributed by atoms with Crippen LogP contribution in [0.25, 0.3) is 0 Å². The molecule has 0 aromatic heterocycles. The topological polar surface area (TPSA) is 52.6 Å². The lowest BCUT2D eigenvalue weighted by atomic mass is 9.87. The molecule has 7 heteroatoms. The van der Waals surface area contributed by atoms with Gasteiger partial charge in [0, 0.05) is 26.2 Å². The Kier molecular flexibility index (Phi) is 3.07. The zero-order valence-corrected chi connectivity index (χ0v) is 9.26. The van der Waals surface area contributed by atoms with E-state index in [9.17, 15) is 18.0 Å². The van der Waals surface area contributed by atoms with E-state index >= 15 is 0 Å². The highest BCUT2D eigenvalue weighted by Crippen LogP contribution is 2.45. The number of hydrogen-bond acceptors (Lipinski definition) is 3. The Labute approximate surface area is 96.8 Å². The van der Waals surface area contributed by atoms with Gasteiger partial charge in [-0.2, -0.15) is 13.2 Å². The van der Waals surface area contributed by atoms with Gasteiger partial charge in [-0.1, -0.05) is 0 Å². The molecule has 2 aliphatic rings. The second-order valence-corrected chi connectivity index (χ2v) is 4.80. The molecule has 1 atom stereocenters. The van der Waals surface area contributed by atoms with Gasteiger partial charge in [0.15, 0.2) is 0 Å². The summed E-state index contributed by atoms with van der Waals surface area (Å²) in [5.74, 6) is -0.430. The first-order valence-corrected chi connectivity index (χ1v) is 5.57. The molecule has 2 aliphatic heterocycles. The third-order valence-corrected chi connectivity index (χ3v) is 3.70. The molecular formula is C10H15F3N2O2. The molecule has 0 radical (unpaired) electrons. The summed E-state index contributed by atoms with van der Waals surface area (Å²) in [6.45, 7) is -0.220.